The number of fused-ring (bicyclic) bond motifs is 1. The van der Waals surface area contributed by atoms with Crippen LogP contribution in [0, 0.1) is 12.3 Å². The Labute approximate surface area is 171 Å². The van der Waals surface area contributed by atoms with Crippen LogP contribution in [-0.4, -0.2) is 21.0 Å². The number of para-hydroxylation sites is 1. The Balaban J connectivity index is 1.89. The number of benzene rings is 2. The summed E-state index contributed by atoms with van der Waals surface area (Å²) in [5, 5.41) is 3.69. The number of hydrogen-bond acceptors (Lipinski definition) is 3. The molecule has 3 aromatic rings. The van der Waals surface area contributed by atoms with Crippen molar-refractivity contribution in [1.29, 1.82) is 0 Å². The molecule has 1 N–H and O–H groups in total. The molecule has 0 saturated carbocycles. The fourth-order valence-corrected chi connectivity index (χ4v) is 4.06. The van der Waals surface area contributed by atoms with Crippen molar-refractivity contribution < 1.29 is 4.79 Å². The van der Waals surface area contributed by atoms with Gasteiger partial charge in [-0.1, -0.05) is 32.9 Å². The summed E-state index contributed by atoms with van der Waals surface area (Å²) in [5.41, 5.74) is 1.62. The topological polar surface area (TPSA) is 64.0 Å². The molecule has 5 heteroatoms. The Morgan fingerprint density at radius 1 is 1.00 bits per heavy atom. The van der Waals surface area contributed by atoms with Crippen LogP contribution in [0.5, 0.6) is 0 Å². The van der Waals surface area contributed by atoms with Crippen LogP contribution in [0.25, 0.3) is 16.6 Å². The van der Waals surface area contributed by atoms with Crippen molar-refractivity contribution in [2.75, 3.05) is 0 Å². The smallest absolute Gasteiger partial charge is 0.265 e. The number of aromatic nitrogens is 2. The normalized spacial score (nSPS) is 12.2. The largest absolute Gasteiger partial charge is 0.347 e. The molecule has 0 spiro atoms. The first-order chi connectivity index (χ1) is 13.5. The van der Waals surface area contributed by atoms with Gasteiger partial charge in [0.1, 0.15) is 5.82 Å². The van der Waals surface area contributed by atoms with E-state index in [0.29, 0.717) is 28.0 Å². The Morgan fingerprint density at radius 3 is 2.24 bits per heavy atom. The summed E-state index contributed by atoms with van der Waals surface area (Å²) in [5.74, 6) is 0.490. The molecular formula is C24H29N3O2. The van der Waals surface area contributed by atoms with Gasteiger partial charge in [0.05, 0.1) is 16.6 Å². The molecule has 3 rings (SSSR count). The molecule has 0 bridgehead atoms. The summed E-state index contributed by atoms with van der Waals surface area (Å²) in [6, 6.07) is 14.4. The van der Waals surface area contributed by atoms with Gasteiger partial charge in [0.15, 0.2) is 0 Å². The van der Waals surface area contributed by atoms with Crippen LogP contribution in [0.2, 0.25) is 0 Å². The molecule has 0 radical (unpaired) electrons. The highest BCUT2D eigenvalue weighted by Gasteiger charge is 2.27. The quantitative estimate of drug-likeness (QED) is 0.705. The van der Waals surface area contributed by atoms with Gasteiger partial charge in [-0.25, -0.2) is 4.98 Å². The number of rotatable bonds is 4. The summed E-state index contributed by atoms with van der Waals surface area (Å²) in [6.07, 6.45) is 0.862. The Bertz CT molecular complexity index is 1100. The lowest BCUT2D eigenvalue weighted by atomic mass is 9.81. The van der Waals surface area contributed by atoms with Crippen molar-refractivity contribution in [2.45, 2.75) is 53.5 Å². The van der Waals surface area contributed by atoms with Gasteiger partial charge in [-0.15, -0.1) is 0 Å². The number of nitrogens with one attached hydrogen (secondary N) is 1. The van der Waals surface area contributed by atoms with Crippen molar-refractivity contribution in [3.8, 4) is 5.69 Å². The standard InChI is InChI=1S/C24H29N3O2/c1-16-25-20-10-8-7-9-19(20)22(29)27(16)18-13-11-17(12-14-18)21(28)26-24(5,6)15-23(2,3)4/h7-14H,15H2,1-6H3,(H,26,28). The highest BCUT2D eigenvalue weighted by atomic mass is 16.2. The first-order valence-electron chi connectivity index (χ1n) is 9.88. The molecule has 1 heterocycles. The van der Waals surface area contributed by atoms with Crippen LogP contribution < -0.4 is 10.9 Å². The molecule has 0 fully saturated rings. The molecule has 2 aromatic carbocycles. The van der Waals surface area contributed by atoms with E-state index < -0.39 is 0 Å². The maximum Gasteiger partial charge on any atom is 0.265 e. The van der Waals surface area contributed by atoms with Gasteiger partial charge in [0.2, 0.25) is 0 Å². The molecule has 1 amide bonds. The van der Waals surface area contributed by atoms with Crippen molar-refractivity contribution in [1.82, 2.24) is 14.9 Å². The summed E-state index contributed by atoms with van der Waals surface area (Å²) in [7, 11) is 0. The van der Waals surface area contributed by atoms with Crippen molar-refractivity contribution in [3.05, 3.63) is 70.3 Å². The number of carbonyl (C=O) groups excluding carboxylic acids is 1. The number of aryl methyl sites for hydroxylation is 1. The molecule has 0 aliphatic heterocycles. The van der Waals surface area contributed by atoms with Gasteiger partial charge in [-0.3, -0.25) is 14.2 Å². The van der Waals surface area contributed by atoms with E-state index in [9.17, 15) is 9.59 Å². The number of amides is 1. The third-order valence-electron chi connectivity index (χ3n) is 4.76. The zero-order valence-corrected chi connectivity index (χ0v) is 18.0. The SMILES string of the molecule is Cc1nc2ccccc2c(=O)n1-c1ccc(C(=O)NC(C)(C)CC(C)(C)C)cc1. The molecule has 0 atom stereocenters. The molecule has 0 aliphatic rings. The van der Waals surface area contributed by atoms with Gasteiger partial charge in [-0.05, 0) is 69.0 Å². The lowest BCUT2D eigenvalue weighted by molar-refractivity contribution is 0.0891. The van der Waals surface area contributed by atoms with E-state index in [-0.39, 0.29) is 22.4 Å². The second kappa shape index (κ2) is 7.47. The Kier molecular flexibility index (Phi) is 5.35. The van der Waals surface area contributed by atoms with Crippen LogP contribution in [0.3, 0.4) is 0 Å². The molecule has 0 aliphatic carbocycles. The zero-order chi connectivity index (χ0) is 21.4. The number of nitrogens with zero attached hydrogens (tertiary/aromatic N) is 2. The van der Waals surface area contributed by atoms with Crippen LogP contribution in [0.15, 0.2) is 53.3 Å². The molecule has 152 valence electrons. The van der Waals surface area contributed by atoms with E-state index in [1.807, 2.05) is 39.0 Å². The molecular weight excluding hydrogens is 362 g/mol. The predicted molar refractivity (Wildman–Crippen MR) is 118 cm³/mol. The van der Waals surface area contributed by atoms with E-state index in [4.69, 9.17) is 0 Å². The minimum absolute atomic E-state index is 0.114. The maximum atomic E-state index is 12.9. The average molecular weight is 392 g/mol. The van der Waals surface area contributed by atoms with Gasteiger partial charge >= 0.3 is 0 Å². The van der Waals surface area contributed by atoms with Crippen LogP contribution in [0.1, 0.15) is 57.2 Å². The fourth-order valence-electron chi connectivity index (χ4n) is 4.06. The van der Waals surface area contributed by atoms with E-state index in [0.717, 1.165) is 6.42 Å². The van der Waals surface area contributed by atoms with Crippen molar-refractivity contribution >= 4 is 16.8 Å². The average Bonchev–Trinajstić information content (AvgIpc) is 2.59. The van der Waals surface area contributed by atoms with Crippen LogP contribution in [0.4, 0.5) is 0 Å². The Hall–Kier alpha value is -2.95. The van der Waals surface area contributed by atoms with Crippen molar-refractivity contribution in [3.63, 3.8) is 0 Å². The van der Waals surface area contributed by atoms with Crippen LogP contribution in [-0.2, 0) is 0 Å². The molecule has 1 aromatic heterocycles. The third kappa shape index (κ3) is 4.73. The summed E-state index contributed by atoms with van der Waals surface area (Å²) in [6.45, 7) is 12.4. The molecule has 5 nitrogen and oxygen atoms in total. The maximum absolute atomic E-state index is 12.9. The second-order valence-electron chi connectivity index (χ2n) is 9.44. The molecule has 0 unspecified atom stereocenters. The summed E-state index contributed by atoms with van der Waals surface area (Å²) < 4.78 is 1.58. The summed E-state index contributed by atoms with van der Waals surface area (Å²) in [4.78, 5) is 30.2. The first kappa shape index (κ1) is 20.8. The van der Waals surface area contributed by atoms with E-state index >= 15 is 0 Å². The zero-order valence-electron chi connectivity index (χ0n) is 18.0. The summed E-state index contributed by atoms with van der Waals surface area (Å²) >= 11 is 0. The number of hydrogen-bond donors (Lipinski definition) is 1. The van der Waals surface area contributed by atoms with E-state index in [1.165, 1.54) is 0 Å². The van der Waals surface area contributed by atoms with Crippen LogP contribution >= 0.6 is 0 Å². The lowest BCUT2D eigenvalue weighted by Crippen LogP contribution is -2.45. The van der Waals surface area contributed by atoms with Crippen molar-refractivity contribution in [2.24, 2.45) is 5.41 Å². The third-order valence-corrected chi connectivity index (χ3v) is 4.76. The second-order valence-corrected chi connectivity index (χ2v) is 9.44. The highest BCUT2D eigenvalue weighted by Crippen LogP contribution is 2.27. The predicted octanol–water partition coefficient (Wildman–Crippen LogP) is 4.64. The van der Waals surface area contributed by atoms with Gasteiger partial charge < -0.3 is 5.32 Å². The van der Waals surface area contributed by atoms with Gasteiger partial charge in [-0.2, -0.15) is 0 Å². The minimum atomic E-state index is -0.316. The van der Waals surface area contributed by atoms with Gasteiger partial charge in [0, 0.05) is 11.1 Å². The Morgan fingerprint density at radius 2 is 1.62 bits per heavy atom. The first-order valence-corrected chi connectivity index (χ1v) is 9.88. The monoisotopic (exact) mass is 391 g/mol. The molecule has 0 saturated heterocycles. The van der Waals surface area contributed by atoms with Gasteiger partial charge in [0.25, 0.3) is 11.5 Å². The van der Waals surface area contributed by atoms with E-state index in [2.05, 4.69) is 31.1 Å². The lowest BCUT2D eigenvalue weighted by Gasteiger charge is -2.33. The van der Waals surface area contributed by atoms with E-state index in [1.54, 1.807) is 34.9 Å². The highest BCUT2D eigenvalue weighted by molar-refractivity contribution is 5.94. The molecule has 29 heavy (non-hydrogen) atoms. The fraction of sp³-hybridized carbons (Fsp3) is 0.375. The minimum Gasteiger partial charge on any atom is -0.347 e. The number of carbonyl (C=O) groups is 1.